The van der Waals surface area contributed by atoms with Crippen LogP contribution in [0.1, 0.15) is 31.1 Å². The molecule has 0 bridgehead atoms. The number of anilines is 1. The zero-order valence-corrected chi connectivity index (χ0v) is 16.8. The van der Waals surface area contributed by atoms with Crippen molar-refractivity contribution < 1.29 is 23.9 Å². The molecule has 7 heteroatoms. The van der Waals surface area contributed by atoms with Gasteiger partial charge in [-0.25, -0.2) is 9.69 Å². The largest absolute Gasteiger partial charge is 0.493 e. The molecule has 4 rings (SSSR count). The number of carbonyl (C=O) groups excluding carboxylic acids is 3. The summed E-state index contributed by atoms with van der Waals surface area (Å²) >= 11 is 3.33. The van der Waals surface area contributed by atoms with Crippen molar-refractivity contribution in [3.8, 4) is 11.5 Å². The highest BCUT2D eigenvalue weighted by Gasteiger charge is 2.37. The molecular formula is C22H14BrNO5. The normalized spacial score (nSPS) is 12.7. The first kappa shape index (κ1) is 18.9. The number of amides is 2. The zero-order chi connectivity index (χ0) is 20.5. The molecule has 1 aliphatic heterocycles. The van der Waals surface area contributed by atoms with Gasteiger partial charge in [0.05, 0.1) is 29.5 Å². The van der Waals surface area contributed by atoms with E-state index in [1.807, 2.05) is 0 Å². The highest BCUT2D eigenvalue weighted by molar-refractivity contribution is 9.10. The van der Waals surface area contributed by atoms with Crippen LogP contribution in [0.15, 0.2) is 71.2 Å². The summed E-state index contributed by atoms with van der Waals surface area (Å²) in [5.74, 6) is -0.898. The molecule has 1 aliphatic rings. The van der Waals surface area contributed by atoms with E-state index < -0.39 is 17.8 Å². The molecule has 0 aliphatic carbocycles. The molecule has 6 nitrogen and oxygen atoms in total. The maximum absolute atomic E-state index is 12.8. The Bertz CT molecular complexity index is 1140. The van der Waals surface area contributed by atoms with Crippen molar-refractivity contribution in [1.82, 2.24) is 0 Å². The number of fused-ring (bicyclic) bond motifs is 1. The topological polar surface area (TPSA) is 72.9 Å². The number of halogens is 1. The molecule has 0 fully saturated rings. The fourth-order valence-corrected chi connectivity index (χ4v) is 3.32. The van der Waals surface area contributed by atoms with Crippen molar-refractivity contribution in [3.05, 3.63) is 87.9 Å². The highest BCUT2D eigenvalue weighted by atomic mass is 79.9. The molecular weight excluding hydrogens is 438 g/mol. The van der Waals surface area contributed by atoms with Crippen molar-refractivity contribution in [2.75, 3.05) is 12.0 Å². The maximum atomic E-state index is 12.8. The van der Waals surface area contributed by atoms with Crippen LogP contribution in [0.25, 0.3) is 0 Å². The van der Waals surface area contributed by atoms with Gasteiger partial charge in [-0.05, 0) is 54.6 Å². The van der Waals surface area contributed by atoms with Crippen molar-refractivity contribution in [1.29, 1.82) is 0 Å². The third-order valence-electron chi connectivity index (χ3n) is 4.48. The van der Waals surface area contributed by atoms with Gasteiger partial charge >= 0.3 is 5.97 Å². The van der Waals surface area contributed by atoms with E-state index >= 15 is 0 Å². The van der Waals surface area contributed by atoms with Crippen LogP contribution in [0, 0.1) is 0 Å². The SMILES string of the molecule is COc1ccccc1OC(=O)c1ccc2c(c1)C(=O)N(c1ccc(Br)cc1)C2=O. The Labute approximate surface area is 174 Å². The van der Waals surface area contributed by atoms with Gasteiger partial charge in [0.1, 0.15) is 0 Å². The maximum Gasteiger partial charge on any atom is 0.343 e. The van der Waals surface area contributed by atoms with Gasteiger partial charge in [0, 0.05) is 4.47 Å². The Hall–Kier alpha value is -3.45. The summed E-state index contributed by atoms with van der Waals surface area (Å²) < 4.78 is 11.4. The van der Waals surface area contributed by atoms with Crippen molar-refractivity contribution in [2.45, 2.75) is 0 Å². The van der Waals surface area contributed by atoms with E-state index in [4.69, 9.17) is 9.47 Å². The van der Waals surface area contributed by atoms with Gasteiger partial charge in [-0.1, -0.05) is 28.1 Å². The monoisotopic (exact) mass is 451 g/mol. The lowest BCUT2D eigenvalue weighted by Crippen LogP contribution is -2.29. The van der Waals surface area contributed by atoms with Gasteiger partial charge in [-0.15, -0.1) is 0 Å². The van der Waals surface area contributed by atoms with Crippen molar-refractivity contribution >= 4 is 39.4 Å². The Kier molecular flexibility index (Phi) is 4.90. The van der Waals surface area contributed by atoms with E-state index in [0.717, 1.165) is 9.37 Å². The number of hydrogen-bond donors (Lipinski definition) is 0. The lowest BCUT2D eigenvalue weighted by molar-refractivity contribution is 0.0729. The van der Waals surface area contributed by atoms with Gasteiger partial charge in [0.15, 0.2) is 11.5 Å². The first-order valence-electron chi connectivity index (χ1n) is 8.63. The summed E-state index contributed by atoms with van der Waals surface area (Å²) in [6.45, 7) is 0. The van der Waals surface area contributed by atoms with E-state index in [9.17, 15) is 14.4 Å². The Morgan fingerprint density at radius 3 is 2.21 bits per heavy atom. The molecule has 0 aromatic heterocycles. The van der Waals surface area contributed by atoms with E-state index in [2.05, 4.69) is 15.9 Å². The predicted octanol–water partition coefficient (Wildman–Crippen LogP) is 4.48. The van der Waals surface area contributed by atoms with E-state index in [1.165, 1.54) is 25.3 Å². The lowest BCUT2D eigenvalue weighted by atomic mass is 10.1. The fourth-order valence-electron chi connectivity index (χ4n) is 3.05. The first-order chi connectivity index (χ1) is 14.0. The minimum Gasteiger partial charge on any atom is -0.493 e. The molecule has 0 saturated heterocycles. The number of nitrogens with zero attached hydrogens (tertiary/aromatic N) is 1. The minimum atomic E-state index is -0.653. The summed E-state index contributed by atoms with van der Waals surface area (Å²) in [4.78, 5) is 39.2. The molecule has 3 aromatic rings. The van der Waals surface area contributed by atoms with Crippen LogP contribution in [-0.4, -0.2) is 24.9 Å². The third kappa shape index (κ3) is 3.40. The fraction of sp³-hybridized carbons (Fsp3) is 0.0455. The van der Waals surface area contributed by atoms with Crippen LogP contribution < -0.4 is 14.4 Å². The second-order valence-corrected chi connectivity index (χ2v) is 7.14. The summed E-state index contributed by atoms with van der Waals surface area (Å²) in [5, 5.41) is 0. The van der Waals surface area contributed by atoms with Crippen LogP contribution in [-0.2, 0) is 0 Å². The highest BCUT2D eigenvalue weighted by Crippen LogP contribution is 2.31. The second-order valence-electron chi connectivity index (χ2n) is 6.22. The minimum absolute atomic E-state index is 0.160. The molecule has 29 heavy (non-hydrogen) atoms. The molecule has 0 spiro atoms. The van der Waals surface area contributed by atoms with Crippen LogP contribution >= 0.6 is 15.9 Å². The van der Waals surface area contributed by atoms with Gasteiger partial charge < -0.3 is 9.47 Å². The quantitative estimate of drug-likeness (QED) is 0.332. The zero-order valence-electron chi connectivity index (χ0n) is 15.2. The number of hydrogen-bond acceptors (Lipinski definition) is 5. The van der Waals surface area contributed by atoms with Crippen LogP contribution in [0.4, 0.5) is 5.69 Å². The molecule has 144 valence electrons. The summed E-state index contributed by atoms with van der Waals surface area (Å²) in [6.07, 6.45) is 0. The van der Waals surface area contributed by atoms with Crippen molar-refractivity contribution in [2.24, 2.45) is 0 Å². The molecule has 2 amide bonds. The van der Waals surface area contributed by atoms with Gasteiger partial charge in [0.2, 0.25) is 0 Å². The molecule has 0 radical (unpaired) electrons. The summed E-state index contributed by atoms with van der Waals surface area (Å²) in [5.41, 5.74) is 1.02. The number of esters is 1. The number of carbonyl (C=O) groups is 3. The Morgan fingerprint density at radius 2 is 1.52 bits per heavy atom. The molecule has 0 saturated carbocycles. The van der Waals surface area contributed by atoms with E-state index in [-0.39, 0.29) is 22.4 Å². The van der Waals surface area contributed by atoms with Gasteiger partial charge in [-0.3, -0.25) is 9.59 Å². The van der Waals surface area contributed by atoms with Crippen LogP contribution in [0.3, 0.4) is 0 Å². The van der Waals surface area contributed by atoms with Crippen LogP contribution in [0.2, 0.25) is 0 Å². The van der Waals surface area contributed by atoms with Gasteiger partial charge in [-0.2, -0.15) is 0 Å². The standard InChI is InChI=1S/C22H14BrNO5/c1-28-18-4-2-3-5-19(18)29-22(27)13-6-11-16-17(12-13)21(26)24(20(16)25)15-9-7-14(23)8-10-15/h2-12H,1H3. The third-order valence-corrected chi connectivity index (χ3v) is 5.01. The second kappa shape index (κ2) is 7.52. The number of benzene rings is 3. The number of imide groups is 1. The first-order valence-corrected chi connectivity index (χ1v) is 9.42. The number of rotatable bonds is 4. The van der Waals surface area contributed by atoms with E-state index in [0.29, 0.717) is 11.4 Å². The predicted molar refractivity (Wildman–Crippen MR) is 110 cm³/mol. The van der Waals surface area contributed by atoms with Crippen LogP contribution in [0.5, 0.6) is 11.5 Å². The Balaban J connectivity index is 1.63. The molecule has 0 unspecified atom stereocenters. The van der Waals surface area contributed by atoms with Gasteiger partial charge in [0.25, 0.3) is 11.8 Å². The average molecular weight is 452 g/mol. The molecule has 0 N–H and O–H groups in total. The molecule has 3 aromatic carbocycles. The summed E-state index contributed by atoms with van der Waals surface area (Å²) in [6, 6.07) is 17.9. The Morgan fingerprint density at radius 1 is 0.862 bits per heavy atom. The average Bonchev–Trinajstić information content (AvgIpc) is 2.99. The summed E-state index contributed by atoms with van der Waals surface area (Å²) in [7, 11) is 1.48. The van der Waals surface area contributed by atoms with E-state index in [1.54, 1.807) is 48.5 Å². The number of ether oxygens (including phenoxy) is 2. The smallest absolute Gasteiger partial charge is 0.343 e. The number of methoxy groups -OCH3 is 1. The molecule has 1 heterocycles. The molecule has 0 atom stereocenters. The lowest BCUT2D eigenvalue weighted by Gasteiger charge is -2.13. The number of para-hydroxylation sites is 2. The van der Waals surface area contributed by atoms with Crippen molar-refractivity contribution in [3.63, 3.8) is 0 Å².